The Morgan fingerprint density at radius 2 is 2.12 bits per heavy atom. The lowest BCUT2D eigenvalue weighted by molar-refractivity contribution is -0.139. The van der Waals surface area contributed by atoms with Gasteiger partial charge in [0.25, 0.3) is 0 Å². The summed E-state index contributed by atoms with van der Waals surface area (Å²) in [5.41, 5.74) is 0.970. The van der Waals surface area contributed by atoms with Crippen LogP contribution in [0.5, 0.6) is 0 Å². The highest BCUT2D eigenvalue weighted by molar-refractivity contribution is 5.74. The molecule has 1 aliphatic rings. The third-order valence-corrected chi connectivity index (χ3v) is 2.90. The van der Waals surface area contributed by atoms with Crippen LogP contribution in [0.25, 0.3) is 0 Å². The van der Waals surface area contributed by atoms with E-state index in [2.05, 4.69) is 11.4 Å². The Kier molecular flexibility index (Phi) is 2.88. The fourth-order valence-electron chi connectivity index (χ4n) is 2.08. The molecule has 82 valence electrons. The van der Waals surface area contributed by atoms with E-state index in [0.29, 0.717) is 6.42 Å². The number of carboxylic acid groups (broad SMARTS) is 1. The van der Waals surface area contributed by atoms with Gasteiger partial charge in [-0.15, -0.1) is 0 Å². The summed E-state index contributed by atoms with van der Waals surface area (Å²) < 4.78 is 0. The van der Waals surface area contributed by atoms with E-state index < -0.39 is 12.0 Å². The molecule has 1 fully saturated rings. The van der Waals surface area contributed by atoms with Gasteiger partial charge in [0.05, 0.1) is 12.0 Å². The van der Waals surface area contributed by atoms with Crippen LogP contribution in [0.4, 0.5) is 0 Å². The van der Waals surface area contributed by atoms with Gasteiger partial charge in [0.15, 0.2) is 0 Å². The monoisotopic (exact) mass is 216 g/mol. The number of nitriles is 1. The quantitative estimate of drug-likeness (QED) is 0.781. The smallest absolute Gasteiger partial charge is 0.320 e. The minimum absolute atomic E-state index is 0.174. The highest BCUT2D eigenvalue weighted by atomic mass is 16.4. The first-order chi connectivity index (χ1) is 7.72. The summed E-state index contributed by atoms with van der Waals surface area (Å²) in [5, 5.41) is 20.9. The predicted molar refractivity (Wildman–Crippen MR) is 57.5 cm³/mol. The van der Waals surface area contributed by atoms with Crippen molar-refractivity contribution in [2.75, 3.05) is 0 Å². The van der Waals surface area contributed by atoms with Crippen LogP contribution in [0.2, 0.25) is 0 Å². The zero-order chi connectivity index (χ0) is 11.5. The van der Waals surface area contributed by atoms with Gasteiger partial charge in [0.2, 0.25) is 0 Å². The van der Waals surface area contributed by atoms with Gasteiger partial charge in [0, 0.05) is 6.04 Å². The zero-order valence-corrected chi connectivity index (χ0v) is 8.63. The van der Waals surface area contributed by atoms with Crippen molar-refractivity contribution in [3.05, 3.63) is 35.9 Å². The minimum Gasteiger partial charge on any atom is -0.480 e. The molecular weight excluding hydrogens is 204 g/mol. The fourth-order valence-corrected chi connectivity index (χ4v) is 2.08. The van der Waals surface area contributed by atoms with E-state index >= 15 is 0 Å². The van der Waals surface area contributed by atoms with Crippen LogP contribution in [0.1, 0.15) is 18.0 Å². The van der Waals surface area contributed by atoms with Crippen molar-refractivity contribution < 1.29 is 9.90 Å². The van der Waals surface area contributed by atoms with Crippen molar-refractivity contribution >= 4 is 5.97 Å². The lowest BCUT2D eigenvalue weighted by Crippen LogP contribution is -2.31. The number of rotatable bonds is 2. The van der Waals surface area contributed by atoms with Crippen LogP contribution in [-0.2, 0) is 4.79 Å². The van der Waals surface area contributed by atoms with Gasteiger partial charge in [-0.2, -0.15) is 5.26 Å². The van der Waals surface area contributed by atoms with E-state index in [9.17, 15) is 4.79 Å². The van der Waals surface area contributed by atoms with Crippen molar-refractivity contribution in [3.8, 4) is 6.07 Å². The molecule has 0 aromatic heterocycles. The summed E-state index contributed by atoms with van der Waals surface area (Å²) in [6.07, 6.45) is 0.366. The van der Waals surface area contributed by atoms with Gasteiger partial charge in [-0.1, -0.05) is 30.3 Å². The van der Waals surface area contributed by atoms with Gasteiger partial charge < -0.3 is 5.11 Å². The molecule has 3 atom stereocenters. The maximum Gasteiger partial charge on any atom is 0.320 e. The molecule has 0 radical (unpaired) electrons. The molecule has 3 unspecified atom stereocenters. The molecular formula is C12H12N2O2. The molecule has 0 saturated carbocycles. The number of hydrogen-bond donors (Lipinski definition) is 2. The van der Waals surface area contributed by atoms with Crippen molar-refractivity contribution in [2.45, 2.75) is 18.5 Å². The summed E-state index contributed by atoms with van der Waals surface area (Å²) in [6.45, 7) is 0. The molecule has 1 aliphatic heterocycles. The van der Waals surface area contributed by atoms with Crippen molar-refractivity contribution in [2.24, 2.45) is 5.92 Å². The molecule has 16 heavy (non-hydrogen) atoms. The molecule has 4 nitrogen and oxygen atoms in total. The second-order valence-electron chi connectivity index (χ2n) is 3.92. The molecule has 1 heterocycles. The van der Waals surface area contributed by atoms with Crippen LogP contribution in [0.15, 0.2) is 30.3 Å². The van der Waals surface area contributed by atoms with Crippen molar-refractivity contribution in [1.82, 2.24) is 5.32 Å². The molecule has 1 aromatic rings. The number of nitrogens with one attached hydrogen (secondary N) is 1. The molecule has 1 aromatic carbocycles. The topological polar surface area (TPSA) is 73.1 Å². The first-order valence-electron chi connectivity index (χ1n) is 5.16. The van der Waals surface area contributed by atoms with Gasteiger partial charge >= 0.3 is 5.97 Å². The summed E-state index contributed by atoms with van der Waals surface area (Å²) in [6, 6.07) is 10.9. The lowest BCUT2D eigenvalue weighted by Gasteiger charge is -2.14. The van der Waals surface area contributed by atoms with E-state index in [0.717, 1.165) is 5.56 Å². The molecule has 0 aliphatic carbocycles. The molecule has 2 rings (SSSR count). The first kappa shape index (κ1) is 10.7. The second kappa shape index (κ2) is 4.33. The highest BCUT2D eigenvalue weighted by Crippen LogP contribution is 2.32. The number of hydrogen-bond acceptors (Lipinski definition) is 3. The van der Waals surface area contributed by atoms with Crippen LogP contribution in [-0.4, -0.2) is 17.1 Å². The SMILES string of the molecule is N#CC1CC(C(=O)O)NC1c1ccccc1. The molecule has 2 N–H and O–H groups in total. The Labute approximate surface area is 93.5 Å². The van der Waals surface area contributed by atoms with Gasteiger partial charge in [-0.05, 0) is 12.0 Å². The van der Waals surface area contributed by atoms with E-state index in [1.165, 1.54) is 0 Å². The summed E-state index contributed by atoms with van der Waals surface area (Å²) >= 11 is 0. The standard InChI is InChI=1S/C12H12N2O2/c13-7-9-6-10(12(15)16)14-11(9)8-4-2-1-3-5-8/h1-5,9-11,14H,6H2,(H,15,16). The maximum absolute atomic E-state index is 10.9. The van der Waals surface area contributed by atoms with Gasteiger partial charge in [-0.25, -0.2) is 0 Å². The molecule has 0 spiro atoms. The van der Waals surface area contributed by atoms with Crippen molar-refractivity contribution in [3.63, 3.8) is 0 Å². The average molecular weight is 216 g/mol. The average Bonchev–Trinajstić information content (AvgIpc) is 2.74. The summed E-state index contributed by atoms with van der Waals surface area (Å²) in [7, 11) is 0. The van der Waals surface area contributed by atoms with Crippen molar-refractivity contribution in [1.29, 1.82) is 5.26 Å². The van der Waals surface area contributed by atoms with Crippen LogP contribution >= 0.6 is 0 Å². The number of benzene rings is 1. The third kappa shape index (κ3) is 1.90. The molecule has 4 heteroatoms. The number of carboxylic acids is 1. The van der Waals surface area contributed by atoms with E-state index in [-0.39, 0.29) is 12.0 Å². The predicted octanol–water partition coefficient (Wildman–Crippen LogP) is 1.31. The fraction of sp³-hybridized carbons (Fsp3) is 0.333. The van der Waals surface area contributed by atoms with Crippen LogP contribution < -0.4 is 5.32 Å². The minimum atomic E-state index is -0.890. The van der Waals surface area contributed by atoms with E-state index in [4.69, 9.17) is 10.4 Å². The Bertz CT molecular complexity index is 424. The second-order valence-corrected chi connectivity index (χ2v) is 3.92. The molecule has 1 saturated heterocycles. The Balaban J connectivity index is 2.22. The van der Waals surface area contributed by atoms with E-state index in [1.807, 2.05) is 30.3 Å². The van der Waals surface area contributed by atoms with Gasteiger partial charge in [-0.3, -0.25) is 10.1 Å². The van der Waals surface area contributed by atoms with Gasteiger partial charge in [0.1, 0.15) is 6.04 Å². The number of nitrogens with zero attached hydrogens (tertiary/aromatic N) is 1. The third-order valence-electron chi connectivity index (χ3n) is 2.90. The largest absolute Gasteiger partial charge is 0.480 e. The zero-order valence-electron chi connectivity index (χ0n) is 8.63. The molecule has 0 bridgehead atoms. The Hall–Kier alpha value is -1.86. The van der Waals surface area contributed by atoms with Crippen LogP contribution in [0, 0.1) is 17.2 Å². The Morgan fingerprint density at radius 3 is 2.69 bits per heavy atom. The van der Waals surface area contributed by atoms with E-state index in [1.54, 1.807) is 0 Å². The lowest BCUT2D eigenvalue weighted by atomic mass is 9.95. The first-order valence-corrected chi connectivity index (χ1v) is 5.16. The number of aliphatic carboxylic acids is 1. The maximum atomic E-state index is 10.9. The number of carbonyl (C=O) groups is 1. The summed E-state index contributed by atoms with van der Waals surface area (Å²) in [5.74, 6) is -1.16. The Morgan fingerprint density at radius 1 is 1.44 bits per heavy atom. The summed E-state index contributed by atoms with van der Waals surface area (Å²) in [4.78, 5) is 10.9. The highest BCUT2D eigenvalue weighted by Gasteiger charge is 2.37. The molecule has 0 amide bonds. The normalized spacial score (nSPS) is 28.6. The van der Waals surface area contributed by atoms with Crippen LogP contribution in [0.3, 0.4) is 0 Å².